The number of carbonyl (C=O) groups is 1. The number of amides is 1. The molecule has 0 unspecified atom stereocenters. The van der Waals surface area contributed by atoms with Crippen LogP contribution in [0.4, 0.5) is 5.69 Å². The van der Waals surface area contributed by atoms with E-state index in [-0.39, 0.29) is 17.6 Å². The van der Waals surface area contributed by atoms with Gasteiger partial charge in [0, 0.05) is 17.2 Å². The molecule has 6 heteroatoms. The van der Waals surface area contributed by atoms with Crippen LogP contribution in [0.3, 0.4) is 0 Å². The van der Waals surface area contributed by atoms with E-state index in [1.807, 2.05) is 38.1 Å². The fourth-order valence-electron chi connectivity index (χ4n) is 2.38. The lowest BCUT2D eigenvalue weighted by Gasteiger charge is -2.15. The van der Waals surface area contributed by atoms with Gasteiger partial charge in [-0.15, -0.1) is 0 Å². The lowest BCUT2D eigenvalue weighted by atomic mass is 10.1. The van der Waals surface area contributed by atoms with Gasteiger partial charge in [0.2, 0.25) is 0 Å². The number of rotatable bonds is 6. The number of ether oxygens (including phenoxy) is 1. The molecule has 1 N–H and O–H groups in total. The molecular formula is C18H20N2O4. The van der Waals surface area contributed by atoms with Crippen molar-refractivity contribution >= 4 is 11.6 Å². The second kappa shape index (κ2) is 7.59. The maximum absolute atomic E-state index is 12.3. The highest BCUT2D eigenvalue weighted by atomic mass is 16.6. The number of aryl methyl sites for hydroxylation is 1. The van der Waals surface area contributed by atoms with E-state index >= 15 is 0 Å². The van der Waals surface area contributed by atoms with Crippen molar-refractivity contribution in [3.8, 4) is 5.75 Å². The van der Waals surface area contributed by atoms with E-state index < -0.39 is 4.92 Å². The number of nitrogens with zero attached hydrogens (tertiary/aromatic N) is 1. The molecule has 0 heterocycles. The summed E-state index contributed by atoms with van der Waals surface area (Å²) in [5.74, 6) is 0.514. The zero-order chi connectivity index (χ0) is 17.7. The molecule has 1 amide bonds. The Morgan fingerprint density at radius 3 is 2.46 bits per heavy atom. The predicted octanol–water partition coefficient (Wildman–Crippen LogP) is 3.79. The number of nitro groups is 1. The summed E-state index contributed by atoms with van der Waals surface area (Å²) < 4.78 is 5.39. The molecule has 0 fully saturated rings. The number of carbonyl (C=O) groups excluding carboxylic acids is 1. The van der Waals surface area contributed by atoms with Gasteiger partial charge in [-0.2, -0.15) is 0 Å². The van der Waals surface area contributed by atoms with Crippen molar-refractivity contribution in [2.75, 3.05) is 6.61 Å². The summed E-state index contributed by atoms with van der Waals surface area (Å²) >= 11 is 0. The van der Waals surface area contributed by atoms with Gasteiger partial charge in [0.05, 0.1) is 17.6 Å². The van der Waals surface area contributed by atoms with Crippen LogP contribution in [0.1, 0.15) is 41.4 Å². The molecule has 0 aliphatic heterocycles. The highest BCUT2D eigenvalue weighted by molar-refractivity contribution is 5.95. The summed E-state index contributed by atoms with van der Waals surface area (Å²) in [7, 11) is 0. The number of hydrogen-bond acceptors (Lipinski definition) is 4. The van der Waals surface area contributed by atoms with Crippen molar-refractivity contribution in [2.24, 2.45) is 0 Å². The average Bonchev–Trinajstić information content (AvgIpc) is 2.55. The monoisotopic (exact) mass is 328 g/mol. The fourth-order valence-corrected chi connectivity index (χ4v) is 2.38. The second-order valence-electron chi connectivity index (χ2n) is 5.46. The van der Waals surface area contributed by atoms with Crippen LogP contribution in [0.5, 0.6) is 5.75 Å². The first-order valence-corrected chi connectivity index (χ1v) is 7.71. The van der Waals surface area contributed by atoms with E-state index in [2.05, 4.69) is 5.32 Å². The molecule has 24 heavy (non-hydrogen) atoms. The molecule has 2 aromatic rings. The SMILES string of the molecule is CCOc1ccc([C@@H](C)NC(=O)c2ccc([N+](=O)[O-])c(C)c2)cc1. The van der Waals surface area contributed by atoms with E-state index in [1.54, 1.807) is 6.92 Å². The van der Waals surface area contributed by atoms with Crippen LogP contribution in [0.25, 0.3) is 0 Å². The average molecular weight is 328 g/mol. The summed E-state index contributed by atoms with van der Waals surface area (Å²) in [6.07, 6.45) is 0. The minimum atomic E-state index is -0.459. The van der Waals surface area contributed by atoms with Crippen LogP contribution in [0.15, 0.2) is 42.5 Å². The summed E-state index contributed by atoms with van der Waals surface area (Å²) in [6, 6.07) is 11.7. The molecule has 2 rings (SSSR count). The molecule has 6 nitrogen and oxygen atoms in total. The normalized spacial score (nSPS) is 11.6. The Morgan fingerprint density at radius 1 is 1.25 bits per heavy atom. The first kappa shape index (κ1) is 17.5. The lowest BCUT2D eigenvalue weighted by molar-refractivity contribution is -0.385. The maximum atomic E-state index is 12.3. The van der Waals surface area contributed by atoms with Crippen LogP contribution < -0.4 is 10.1 Å². The number of benzene rings is 2. The molecule has 2 aromatic carbocycles. The van der Waals surface area contributed by atoms with Gasteiger partial charge in [0.1, 0.15) is 5.75 Å². The zero-order valence-corrected chi connectivity index (χ0v) is 13.9. The Bertz CT molecular complexity index is 741. The summed E-state index contributed by atoms with van der Waals surface area (Å²) in [5.41, 5.74) is 1.81. The van der Waals surface area contributed by atoms with Gasteiger partial charge >= 0.3 is 0 Å². The number of nitro benzene ring substituents is 1. The Hall–Kier alpha value is -2.89. The van der Waals surface area contributed by atoms with Gasteiger partial charge < -0.3 is 10.1 Å². The molecule has 0 bridgehead atoms. The van der Waals surface area contributed by atoms with Gasteiger partial charge in [-0.05, 0) is 50.6 Å². The maximum Gasteiger partial charge on any atom is 0.272 e. The molecule has 1 atom stereocenters. The fraction of sp³-hybridized carbons (Fsp3) is 0.278. The van der Waals surface area contributed by atoms with Gasteiger partial charge in [0.15, 0.2) is 0 Å². The Kier molecular flexibility index (Phi) is 5.52. The lowest BCUT2D eigenvalue weighted by Crippen LogP contribution is -2.26. The third kappa shape index (κ3) is 4.10. The highest BCUT2D eigenvalue weighted by Crippen LogP contribution is 2.21. The quantitative estimate of drug-likeness (QED) is 0.646. The molecule has 0 saturated carbocycles. The van der Waals surface area contributed by atoms with Crippen molar-refractivity contribution in [3.63, 3.8) is 0 Å². The van der Waals surface area contributed by atoms with E-state index in [9.17, 15) is 14.9 Å². The Balaban J connectivity index is 2.08. The van der Waals surface area contributed by atoms with Crippen molar-refractivity contribution in [1.82, 2.24) is 5.32 Å². The van der Waals surface area contributed by atoms with E-state index in [0.717, 1.165) is 11.3 Å². The predicted molar refractivity (Wildman–Crippen MR) is 91.3 cm³/mol. The Labute approximate surface area is 140 Å². The topological polar surface area (TPSA) is 81.5 Å². The summed E-state index contributed by atoms with van der Waals surface area (Å²) in [6.45, 7) is 6.02. The van der Waals surface area contributed by atoms with Crippen molar-refractivity contribution in [1.29, 1.82) is 0 Å². The third-order valence-corrected chi connectivity index (χ3v) is 3.69. The largest absolute Gasteiger partial charge is 0.494 e. The van der Waals surface area contributed by atoms with Crippen molar-refractivity contribution in [3.05, 3.63) is 69.3 Å². The minimum absolute atomic E-state index is 0.00566. The second-order valence-corrected chi connectivity index (χ2v) is 5.46. The molecule has 126 valence electrons. The van der Waals surface area contributed by atoms with E-state index in [4.69, 9.17) is 4.74 Å². The van der Waals surface area contributed by atoms with E-state index in [0.29, 0.717) is 17.7 Å². The molecule has 0 saturated heterocycles. The van der Waals surface area contributed by atoms with Crippen molar-refractivity contribution in [2.45, 2.75) is 26.8 Å². The van der Waals surface area contributed by atoms with Gasteiger partial charge in [-0.3, -0.25) is 14.9 Å². The molecule has 0 spiro atoms. The van der Waals surface area contributed by atoms with Gasteiger partial charge in [0.25, 0.3) is 11.6 Å². The van der Waals surface area contributed by atoms with Crippen LogP contribution in [0, 0.1) is 17.0 Å². The third-order valence-electron chi connectivity index (χ3n) is 3.69. The minimum Gasteiger partial charge on any atom is -0.494 e. The first-order valence-electron chi connectivity index (χ1n) is 7.71. The number of nitrogens with one attached hydrogen (secondary N) is 1. The first-order chi connectivity index (χ1) is 11.4. The number of hydrogen-bond donors (Lipinski definition) is 1. The van der Waals surface area contributed by atoms with E-state index in [1.165, 1.54) is 18.2 Å². The highest BCUT2D eigenvalue weighted by Gasteiger charge is 2.16. The van der Waals surface area contributed by atoms with Gasteiger partial charge in [-0.1, -0.05) is 12.1 Å². The molecule has 0 aliphatic carbocycles. The van der Waals surface area contributed by atoms with Crippen molar-refractivity contribution < 1.29 is 14.5 Å². The Morgan fingerprint density at radius 2 is 1.92 bits per heavy atom. The summed E-state index contributed by atoms with van der Waals surface area (Å²) in [4.78, 5) is 22.7. The van der Waals surface area contributed by atoms with Gasteiger partial charge in [-0.25, -0.2) is 0 Å². The standard InChI is InChI=1S/C18H20N2O4/c1-4-24-16-8-5-14(6-9-16)13(3)19-18(21)15-7-10-17(20(22)23)12(2)11-15/h5-11,13H,4H2,1-3H3,(H,19,21)/t13-/m1/s1. The van der Waals surface area contributed by atoms with Crippen LogP contribution in [-0.4, -0.2) is 17.4 Å². The molecule has 0 aromatic heterocycles. The summed E-state index contributed by atoms with van der Waals surface area (Å²) in [5, 5.41) is 13.7. The molecular weight excluding hydrogens is 308 g/mol. The zero-order valence-electron chi connectivity index (χ0n) is 13.9. The van der Waals surface area contributed by atoms with Crippen LogP contribution in [-0.2, 0) is 0 Å². The molecule has 0 aliphatic rings. The van der Waals surface area contributed by atoms with Crippen LogP contribution >= 0.6 is 0 Å². The molecule has 0 radical (unpaired) electrons. The smallest absolute Gasteiger partial charge is 0.272 e. The van der Waals surface area contributed by atoms with Crippen LogP contribution in [0.2, 0.25) is 0 Å².